The van der Waals surface area contributed by atoms with Crippen LogP contribution in [0.4, 0.5) is 13.2 Å². The van der Waals surface area contributed by atoms with Gasteiger partial charge >= 0.3 is 6.18 Å². The van der Waals surface area contributed by atoms with Gasteiger partial charge in [-0.1, -0.05) is 12.1 Å². The molecule has 26 heavy (non-hydrogen) atoms. The Morgan fingerprint density at radius 1 is 1.12 bits per heavy atom. The molecular weight excluding hydrogens is 347 g/mol. The van der Waals surface area contributed by atoms with Crippen LogP contribution >= 0.6 is 0 Å². The predicted molar refractivity (Wildman–Crippen MR) is 90.3 cm³/mol. The van der Waals surface area contributed by atoms with Crippen LogP contribution < -0.4 is 5.32 Å². The molecule has 1 heterocycles. The smallest absolute Gasteiger partial charge is 0.370 e. The fourth-order valence-corrected chi connectivity index (χ4v) is 2.47. The molecule has 1 aromatic heterocycles. The summed E-state index contributed by atoms with van der Waals surface area (Å²) in [5, 5.41) is 2.52. The van der Waals surface area contributed by atoms with Crippen LogP contribution in [0.2, 0.25) is 0 Å². The van der Waals surface area contributed by atoms with Gasteiger partial charge in [0.05, 0.1) is 17.6 Å². The maximum absolute atomic E-state index is 12.0. The Morgan fingerprint density at radius 3 is 2.58 bits per heavy atom. The summed E-state index contributed by atoms with van der Waals surface area (Å²) >= 11 is 0. The average molecular weight is 363 g/mol. The number of alkyl halides is 3. The number of hydrogen-bond acceptors (Lipinski definition) is 3. The SMILES string of the molecule is O=C(NCCOCC(F)(F)F)c1ccc(-n2cnc3ccccc32)cc1. The number of carbonyl (C=O) groups excluding carboxylic acids is 1. The Morgan fingerprint density at radius 2 is 1.85 bits per heavy atom. The summed E-state index contributed by atoms with van der Waals surface area (Å²) < 4.78 is 42.2. The molecule has 0 aliphatic rings. The summed E-state index contributed by atoms with van der Waals surface area (Å²) in [4.78, 5) is 16.3. The number of nitrogens with one attached hydrogen (secondary N) is 1. The number of para-hydroxylation sites is 2. The normalized spacial score (nSPS) is 11.7. The fraction of sp³-hybridized carbons (Fsp3) is 0.222. The van der Waals surface area contributed by atoms with Gasteiger partial charge in [0, 0.05) is 17.8 Å². The van der Waals surface area contributed by atoms with E-state index in [1.807, 2.05) is 28.8 Å². The first-order chi connectivity index (χ1) is 12.4. The van der Waals surface area contributed by atoms with E-state index in [1.54, 1.807) is 30.6 Å². The highest BCUT2D eigenvalue weighted by atomic mass is 19.4. The molecule has 0 fully saturated rings. The standard InChI is InChI=1S/C18H16F3N3O2/c19-18(20,21)11-26-10-9-22-17(25)13-5-7-14(8-6-13)24-12-23-15-3-1-2-4-16(15)24/h1-8,12H,9-11H2,(H,22,25). The van der Waals surface area contributed by atoms with E-state index < -0.39 is 12.8 Å². The zero-order chi connectivity index (χ0) is 18.6. The number of ether oxygens (including phenoxy) is 1. The van der Waals surface area contributed by atoms with Gasteiger partial charge in [-0.05, 0) is 36.4 Å². The van der Waals surface area contributed by atoms with Crippen molar-refractivity contribution < 1.29 is 22.7 Å². The number of imidazole rings is 1. The molecule has 0 aliphatic heterocycles. The van der Waals surface area contributed by atoms with Crippen LogP contribution in [-0.4, -0.2) is 41.4 Å². The number of nitrogens with zero attached hydrogens (tertiary/aromatic N) is 2. The molecule has 1 amide bonds. The Bertz CT molecular complexity index is 889. The van der Waals surface area contributed by atoms with Crippen molar-refractivity contribution in [3.05, 3.63) is 60.4 Å². The molecule has 0 spiro atoms. The van der Waals surface area contributed by atoms with Crippen molar-refractivity contribution in [2.45, 2.75) is 6.18 Å². The largest absolute Gasteiger partial charge is 0.411 e. The van der Waals surface area contributed by atoms with Crippen molar-refractivity contribution in [2.24, 2.45) is 0 Å². The molecule has 0 radical (unpaired) electrons. The topological polar surface area (TPSA) is 56.1 Å². The molecule has 1 N–H and O–H groups in total. The first kappa shape index (κ1) is 17.9. The van der Waals surface area contributed by atoms with Gasteiger partial charge in [-0.15, -0.1) is 0 Å². The third kappa shape index (κ3) is 4.40. The molecule has 0 unspecified atom stereocenters. The molecule has 0 atom stereocenters. The second-order valence-electron chi connectivity index (χ2n) is 5.57. The van der Waals surface area contributed by atoms with E-state index in [0.29, 0.717) is 5.56 Å². The predicted octanol–water partition coefficient (Wildman–Crippen LogP) is 3.33. The van der Waals surface area contributed by atoms with Crippen molar-refractivity contribution in [1.82, 2.24) is 14.9 Å². The Hall–Kier alpha value is -2.87. The molecule has 0 saturated heterocycles. The number of fused-ring (bicyclic) bond motifs is 1. The Balaban J connectivity index is 1.58. The van der Waals surface area contributed by atoms with Crippen LogP contribution in [0.3, 0.4) is 0 Å². The van der Waals surface area contributed by atoms with E-state index in [1.165, 1.54) is 0 Å². The first-order valence-corrected chi connectivity index (χ1v) is 7.89. The zero-order valence-corrected chi connectivity index (χ0v) is 13.7. The number of hydrogen-bond donors (Lipinski definition) is 1. The minimum absolute atomic E-state index is 0.00280. The Kier molecular flexibility index (Phi) is 5.22. The summed E-state index contributed by atoms with van der Waals surface area (Å²) in [5.74, 6) is -0.373. The third-order valence-electron chi connectivity index (χ3n) is 3.66. The highest BCUT2D eigenvalue weighted by molar-refractivity contribution is 5.94. The van der Waals surface area contributed by atoms with Gasteiger partial charge in [0.25, 0.3) is 5.91 Å². The maximum Gasteiger partial charge on any atom is 0.411 e. The number of rotatable bonds is 6. The highest BCUT2D eigenvalue weighted by Gasteiger charge is 2.27. The van der Waals surface area contributed by atoms with Gasteiger partial charge in [-0.3, -0.25) is 9.36 Å². The van der Waals surface area contributed by atoms with Gasteiger partial charge < -0.3 is 10.1 Å². The molecule has 0 aliphatic carbocycles. The van der Waals surface area contributed by atoms with Gasteiger partial charge in [-0.2, -0.15) is 13.2 Å². The molecule has 0 saturated carbocycles. The first-order valence-electron chi connectivity index (χ1n) is 7.89. The van der Waals surface area contributed by atoms with Gasteiger partial charge in [0.1, 0.15) is 12.9 Å². The van der Waals surface area contributed by atoms with Crippen LogP contribution in [0.1, 0.15) is 10.4 Å². The minimum Gasteiger partial charge on any atom is -0.370 e. The molecule has 136 valence electrons. The lowest BCUT2D eigenvalue weighted by molar-refractivity contribution is -0.173. The van der Waals surface area contributed by atoms with Crippen LogP contribution in [0, 0.1) is 0 Å². The van der Waals surface area contributed by atoms with Crippen molar-refractivity contribution in [1.29, 1.82) is 0 Å². The summed E-state index contributed by atoms with van der Waals surface area (Å²) in [5.41, 5.74) is 3.08. The molecule has 8 heteroatoms. The molecular formula is C18H16F3N3O2. The van der Waals surface area contributed by atoms with Crippen LogP contribution in [0.25, 0.3) is 16.7 Å². The average Bonchev–Trinajstić information content (AvgIpc) is 3.04. The van der Waals surface area contributed by atoms with E-state index in [4.69, 9.17) is 0 Å². The lowest BCUT2D eigenvalue weighted by Gasteiger charge is -2.09. The number of amides is 1. The van der Waals surface area contributed by atoms with E-state index in [2.05, 4.69) is 15.0 Å². The molecule has 3 rings (SSSR count). The highest BCUT2D eigenvalue weighted by Crippen LogP contribution is 2.18. The maximum atomic E-state index is 12.0. The van der Waals surface area contributed by atoms with Gasteiger partial charge in [0.2, 0.25) is 0 Å². The summed E-state index contributed by atoms with van der Waals surface area (Å²) in [6.07, 6.45) is -2.66. The van der Waals surface area contributed by atoms with E-state index in [9.17, 15) is 18.0 Å². The molecule has 0 bridgehead atoms. The molecule has 5 nitrogen and oxygen atoms in total. The van der Waals surface area contributed by atoms with Gasteiger partial charge in [0.15, 0.2) is 0 Å². The van der Waals surface area contributed by atoms with E-state index >= 15 is 0 Å². The van der Waals surface area contributed by atoms with Crippen molar-refractivity contribution in [2.75, 3.05) is 19.8 Å². The number of benzene rings is 2. The van der Waals surface area contributed by atoms with Crippen LogP contribution in [0.5, 0.6) is 0 Å². The lowest BCUT2D eigenvalue weighted by atomic mass is 10.2. The number of aromatic nitrogens is 2. The van der Waals surface area contributed by atoms with Crippen LogP contribution in [-0.2, 0) is 4.74 Å². The molecule has 2 aromatic carbocycles. The fourth-order valence-electron chi connectivity index (χ4n) is 2.47. The summed E-state index contributed by atoms with van der Waals surface area (Å²) in [6.45, 7) is -1.52. The van der Waals surface area contributed by atoms with Gasteiger partial charge in [-0.25, -0.2) is 4.98 Å². The second-order valence-corrected chi connectivity index (χ2v) is 5.57. The number of carbonyl (C=O) groups is 1. The monoisotopic (exact) mass is 363 g/mol. The minimum atomic E-state index is -4.36. The van der Waals surface area contributed by atoms with Crippen molar-refractivity contribution >= 4 is 16.9 Å². The number of halogens is 3. The summed E-state index contributed by atoms with van der Waals surface area (Å²) in [7, 11) is 0. The second kappa shape index (κ2) is 7.57. The Labute approximate surface area is 147 Å². The quantitative estimate of drug-likeness (QED) is 0.684. The van der Waals surface area contributed by atoms with E-state index in [-0.39, 0.29) is 19.1 Å². The van der Waals surface area contributed by atoms with Crippen molar-refractivity contribution in [3.63, 3.8) is 0 Å². The third-order valence-corrected chi connectivity index (χ3v) is 3.66. The zero-order valence-electron chi connectivity index (χ0n) is 13.7. The van der Waals surface area contributed by atoms with Crippen molar-refractivity contribution in [3.8, 4) is 5.69 Å². The summed E-state index contributed by atoms with van der Waals surface area (Å²) in [6, 6.07) is 14.5. The molecule has 3 aromatic rings. The van der Waals surface area contributed by atoms with Crippen LogP contribution in [0.15, 0.2) is 54.9 Å². The van der Waals surface area contributed by atoms with E-state index in [0.717, 1.165) is 16.7 Å². The lowest BCUT2D eigenvalue weighted by Crippen LogP contribution is -2.28.